The number of halogens is 1. The Morgan fingerprint density at radius 3 is 2.50 bits per heavy atom. The van der Waals surface area contributed by atoms with E-state index in [1.807, 2.05) is 18.2 Å². The molecule has 0 amide bonds. The smallest absolute Gasteiger partial charge is 0.135 e. The summed E-state index contributed by atoms with van der Waals surface area (Å²) in [5.41, 5.74) is 1.77. The molecule has 0 bridgehead atoms. The Labute approximate surface area is 112 Å². The van der Waals surface area contributed by atoms with Crippen molar-refractivity contribution in [3.8, 4) is 0 Å². The fraction of sp³-hybridized carbons (Fsp3) is 0.357. The van der Waals surface area contributed by atoms with Crippen molar-refractivity contribution in [2.75, 3.05) is 0 Å². The zero-order valence-electron chi connectivity index (χ0n) is 10.8. The van der Waals surface area contributed by atoms with Gasteiger partial charge in [-0.2, -0.15) is 0 Å². The number of nitrogens with zero attached hydrogens (tertiary/aromatic N) is 3. The van der Waals surface area contributed by atoms with Crippen LogP contribution in [-0.4, -0.2) is 15.0 Å². The first kappa shape index (κ1) is 13.0. The molecule has 0 saturated carbocycles. The van der Waals surface area contributed by atoms with E-state index in [1.165, 1.54) is 0 Å². The Morgan fingerprint density at radius 1 is 1.11 bits per heavy atom. The van der Waals surface area contributed by atoms with E-state index in [2.05, 4.69) is 35.7 Å². The zero-order valence-corrected chi connectivity index (χ0v) is 11.6. The minimum absolute atomic E-state index is 0.107. The van der Waals surface area contributed by atoms with Crippen molar-refractivity contribution in [3.05, 3.63) is 52.8 Å². The highest BCUT2D eigenvalue weighted by Gasteiger charge is 2.18. The second kappa shape index (κ2) is 5.02. The van der Waals surface area contributed by atoms with E-state index in [4.69, 9.17) is 11.6 Å². The molecule has 0 saturated heterocycles. The molecule has 0 radical (unpaired) electrons. The normalized spacial score (nSPS) is 11.6. The predicted molar refractivity (Wildman–Crippen MR) is 72.8 cm³/mol. The van der Waals surface area contributed by atoms with E-state index in [-0.39, 0.29) is 5.41 Å². The summed E-state index contributed by atoms with van der Waals surface area (Å²) in [7, 11) is 0. The quantitative estimate of drug-likeness (QED) is 0.778. The predicted octanol–water partition coefficient (Wildman–Crippen LogP) is 3.41. The highest BCUT2D eigenvalue weighted by Crippen LogP contribution is 2.21. The van der Waals surface area contributed by atoms with Gasteiger partial charge in [0.25, 0.3) is 0 Å². The third-order valence-corrected chi connectivity index (χ3v) is 2.70. The van der Waals surface area contributed by atoms with Gasteiger partial charge in [0.2, 0.25) is 0 Å². The largest absolute Gasteiger partial charge is 0.261 e. The van der Waals surface area contributed by atoms with Crippen molar-refractivity contribution >= 4 is 11.6 Å². The van der Waals surface area contributed by atoms with Crippen molar-refractivity contribution in [2.24, 2.45) is 0 Å². The highest BCUT2D eigenvalue weighted by molar-refractivity contribution is 6.29. The number of aromatic nitrogens is 3. The maximum absolute atomic E-state index is 6.05. The van der Waals surface area contributed by atoms with Crippen LogP contribution in [0, 0.1) is 0 Å². The van der Waals surface area contributed by atoms with Gasteiger partial charge in [-0.25, -0.2) is 9.97 Å². The lowest BCUT2D eigenvalue weighted by molar-refractivity contribution is 0.542. The van der Waals surface area contributed by atoms with Crippen LogP contribution in [0.2, 0.25) is 5.15 Å². The third kappa shape index (κ3) is 3.26. The topological polar surface area (TPSA) is 38.7 Å². The molecule has 0 aliphatic rings. The molecule has 0 fully saturated rings. The van der Waals surface area contributed by atoms with Gasteiger partial charge < -0.3 is 0 Å². The van der Waals surface area contributed by atoms with Crippen molar-refractivity contribution in [1.82, 2.24) is 15.0 Å². The second-order valence-corrected chi connectivity index (χ2v) is 5.64. The molecule has 0 unspecified atom stereocenters. The van der Waals surface area contributed by atoms with Gasteiger partial charge in [-0.05, 0) is 18.2 Å². The van der Waals surface area contributed by atoms with Crippen LogP contribution in [0.1, 0.15) is 38.0 Å². The highest BCUT2D eigenvalue weighted by atomic mass is 35.5. The van der Waals surface area contributed by atoms with Gasteiger partial charge in [0.15, 0.2) is 0 Å². The van der Waals surface area contributed by atoms with Crippen LogP contribution in [-0.2, 0) is 11.8 Å². The summed E-state index contributed by atoms with van der Waals surface area (Å²) in [6.07, 6.45) is 2.45. The summed E-state index contributed by atoms with van der Waals surface area (Å²) in [5, 5.41) is 0.487. The van der Waals surface area contributed by atoms with E-state index < -0.39 is 0 Å². The fourth-order valence-electron chi connectivity index (χ4n) is 1.58. The van der Waals surface area contributed by atoms with Crippen LogP contribution < -0.4 is 0 Å². The Morgan fingerprint density at radius 2 is 1.89 bits per heavy atom. The lowest BCUT2D eigenvalue weighted by Crippen LogP contribution is -2.17. The summed E-state index contributed by atoms with van der Waals surface area (Å²) in [4.78, 5) is 13.1. The Balaban J connectivity index is 2.32. The maximum Gasteiger partial charge on any atom is 0.135 e. The maximum atomic E-state index is 6.05. The second-order valence-electron chi connectivity index (χ2n) is 5.25. The van der Waals surface area contributed by atoms with E-state index in [9.17, 15) is 0 Å². The number of rotatable bonds is 2. The molecule has 0 atom stereocenters. The average molecular weight is 262 g/mol. The van der Waals surface area contributed by atoms with Gasteiger partial charge in [0.1, 0.15) is 11.0 Å². The van der Waals surface area contributed by atoms with Gasteiger partial charge in [-0.1, -0.05) is 38.4 Å². The Kier molecular flexibility index (Phi) is 3.62. The molecule has 0 N–H and O–H groups in total. The Hall–Kier alpha value is -1.48. The average Bonchev–Trinajstić information content (AvgIpc) is 2.28. The number of pyridine rings is 1. The molecule has 4 heteroatoms. The molecular weight excluding hydrogens is 246 g/mol. The summed E-state index contributed by atoms with van der Waals surface area (Å²) in [6, 6.07) is 7.64. The van der Waals surface area contributed by atoms with Gasteiger partial charge in [-0.3, -0.25) is 4.98 Å². The fourth-order valence-corrected chi connectivity index (χ4v) is 1.78. The molecule has 94 valence electrons. The number of hydrogen-bond donors (Lipinski definition) is 0. The van der Waals surface area contributed by atoms with Gasteiger partial charge in [0.05, 0.1) is 5.69 Å². The standard InChI is InChI=1S/C14H16ClN3/c1-14(2,3)13-17-11(9-12(15)18-13)8-10-6-4-5-7-16-10/h4-7,9H,8H2,1-3H3. The van der Waals surface area contributed by atoms with Crippen molar-refractivity contribution in [1.29, 1.82) is 0 Å². The van der Waals surface area contributed by atoms with E-state index >= 15 is 0 Å². The molecule has 2 heterocycles. The molecule has 2 aromatic rings. The monoisotopic (exact) mass is 261 g/mol. The van der Waals surface area contributed by atoms with Crippen molar-refractivity contribution < 1.29 is 0 Å². The molecule has 18 heavy (non-hydrogen) atoms. The molecular formula is C14H16ClN3. The van der Waals surface area contributed by atoms with Gasteiger partial charge in [0, 0.05) is 23.7 Å². The summed E-state index contributed by atoms with van der Waals surface area (Å²) in [6.45, 7) is 6.22. The molecule has 2 aromatic heterocycles. The van der Waals surface area contributed by atoms with E-state index in [1.54, 1.807) is 12.3 Å². The number of hydrogen-bond acceptors (Lipinski definition) is 3. The van der Waals surface area contributed by atoms with Crippen LogP contribution in [0.25, 0.3) is 0 Å². The molecule has 0 aliphatic carbocycles. The SMILES string of the molecule is CC(C)(C)c1nc(Cl)cc(Cc2ccccn2)n1. The van der Waals surface area contributed by atoms with Gasteiger partial charge in [-0.15, -0.1) is 0 Å². The van der Waals surface area contributed by atoms with Crippen molar-refractivity contribution in [2.45, 2.75) is 32.6 Å². The van der Waals surface area contributed by atoms with Crippen LogP contribution in [0.4, 0.5) is 0 Å². The lowest BCUT2D eigenvalue weighted by atomic mass is 9.95. The van der Waals surface area contributed by atoms with Crippen LogP contribution >= 0.6 is 11.6 Å². The first-order valence-electron chi connectivity index (χ1n) is 5.89. The third-order valence-electron chi connectivity index (χ3n) is 2.51. The molecule has 0 spiro atoms. The molecule has 2 rings (SSSR count). The van der Waals surface area contributed by atoms with E-state index in [0.717, 1.165) is 17.2 Å². The van der Waals surface area contributed by atoms with Crippen LogP contribution in [0.15, 0.2) is 30.5 Å². The molecule has 0 aromatic carbocycles. The minimum Gasteiger partial charge on any atom is -0.261 e. The zero-order chi connectivity index (χ0) is 13.2. The molecule has 3 nitrogen and oxygen atoms in total. The summed E-state index contributed by atoms with van der Waals surface area (Å²) < 4.78 is 0. The lowest BCUT2D eigenvalue weighted by Gasteiger charge is -2.17. The first-order valence-corrected chi connectivity index (χ1v) is 6.27. The molecule has 0 aliphatic heterocycles. The van der Waals surface area contributed by atoms with Crippen LogP contribution in [0.3, 0.4) is 0 Å². The van der Waals surface area contributed by atoms with Crippen molar-refractivity contribution in [3.63, 3.8) is 0 Å². The van der Waals surface area contributed by atoms with Crippen LogP contribution in [0.5, 0.6) is 0 Å². The first-order chi connectivity index (χ1) is 8.45. The van der Waals surface area contributed by atoms with Gasteiger partial charge >= 0.3 is 0 Å². The van der Waals surface area contributed by atoms with E-state index in [0.29, 0.717) is 11.6 Å². The Bertz CT molecular complexity index is 532. The summed E-state index contributed by atoms with van der Waals surface area (Å²) >= 11 is 6.05. The minimum atomic E-state index is -0.107. The summed E-state index contributed by atoms with van der Waals surface area (Å²) in [5.74, 6) is 0.765.